The Hall–Kier alpha value is -2.73. The zero-order valence-corrected chi connectivity index (χ0v) is 17.5. The van der Waals surface area contributed by atoms with Crippen molar-refractivity contribution in [2.75, 3.05) is 6.54 Å². The highest BCUT2D eigenvalue weighted by molar-refractivity contribution is 5.77. The molecule has 6 nitrogen and oxygen atoms in total. The molecule has 1 N–H and O–H groups in total. The van der Waals surface area contributed by atoms with Crippen LogP contribution in [0.5, 0.6) is 0 Å². The Balaban J connectivity index is 1.62. The van der Waals surface area contributed by atoms with E-state index in [2.05, 4.69) is 16.8 Å². The van der Waals surface area contributed by atoms with E-state index in [1.165, 1.54) is 0 Å². The Morgan fingerprint density at radius 1 is 1.24 bits per heavy atom. The molecule has 0 bridgehead atoms. The van der Waals surface area contributed by atoms with Crippen LogP contribution in [0, 0.1) is 0 Å². The summed E-state index contributed by atoms with van der Waals surface area (Å²) in [5.74, 6) is 0.719. The molecule has 0 amide bonds. The van der Waals surface area contributed by atoms with Gasteiger partial charge in [0, 0.05) is 37.0 Å². The molecule has 6 heteroatoms. The van der Waals surface area contributed by atoms with Crippen LogP contribution < -0.4 is 11.0 Å². The van der Waals surface area contributed by atoms with Crippen molar-refractivity contribution in [3.63, 3.8) is 0 Å². The van der Waals surface area contributed by atoms with Crippen LogP contribution in [0.4, 0.5) is 0 Å². The van der Waals surface area contributed by atoms with E-state index in [9.17, 15) is 9.59 Å². The van der Waals surface area contributed by atoms with Crippen LogP contribution >= 0.6 is 0 Å². The molecule has 4 rings (SSSR count). The minimum atomic E-state index is -0.202. The topological polar surface area (TPSA) is 79.2 Å². The van der Waals surface area contributed by atoms with Crippen molar-refractivity contribution < 1.29 is 4.42 Å². The molecule has 3 aromatic rings. The first-order valence-electron chi connectivity index (χ1n) is 10.1. The van der Waals surface area contributed by atoms with E-state index in [0.717, 1.165) is 30.0 Å². The number of fused-ring (bicyclic) bond motifs is 2. The third kappa shape index (κ3) is 3.77. The number of aromatic amines is 1. The quantitative estimate of drug-likeness (QED) is 0.739. The van der Waals surface area contributed by atoms with E-state index in [0.29, 0.717) is 41.6 Å². The largest absolute Gasteiger partial charge is 0.464 e. The normalized spacial score (nSPS) is 14.9. The summed E-state index contributed by atoms with van der Waals surface area (Å²) >= 11 is 0. The predicted molar refractivity (Wildman–Crippen MR) is 113 cm³/mol. The Kier molecular flexibility index (Phi) is 4.90. The third-order valence-electron chi connectivity index (χ3n) is 5.57. The second kappa shape index (κ2) is 7.26. The van der Waals surface area contributed by atoms with Crippen molar-refractivity contribution in [3.05, 3.63) is 73.2 Å². The predicted octanol–water partition coefficient (Wildman–Crippen LogP) is 3.29. The fourth-order valence-corrected chi connectivity index (χ4v) is 3.76. The molecule has 0 spiro atoms. The lowest BCUT2D eigenvalue weighted by molar-refractivity contribution is 0.238. The van der Waals surface area contributed by atoms with Gasteiger partial charge in [-0.3, -0.25) is 14.5 Å². The highest BCUT2D eigenvalue weighted by Gasteiger charge is 2.25. The van der Waals surface area contributed by atoms with Crippen LogP contribution in [-0.4, -0.2) is 21.4 Å². The molecular formula is C23H27N3O3. The lowest BCUT2D eigenvalue weighted by atomic mass is 9.95. The number of nitrogens with zero attached hydrogens (tertiary/aromatic N) is 2. The van der Waals surface area contributed by atoms with Gasteiger partial charge >= 0.3 is 0 Å². The number of nitrogens with one attached hydrogen (secondary N) is 1. The lowest BCUT2D eigenvalue weighted by Crippen LogP contribution is -2.37. The molecule has 0 saturated heterocycles. The lowest BCUT2D eigenvalue weighted by Gasteiger charge is -2.28. The number of aromatic nitrogens is 2. The van der Waals surface area contributed by atoms with Gasteiger partial charge in [0.1, 0.15) is 11.4 Å². The highest BCUT2D eigenvalue weighted by Crippen LogP contribution is 2.21. The van der Waals surface area contributed by atoms with Crippen LogP contribution in [0.3, 0.4) is 0 Å². The van der Waals surface area contributed by atoms with Crippen molar-refractivity contribution in [1.82, 2.24) is 14.9 Å². The number of rotatable bonds is 3. The maximum absolute atomic E-state index is 13.0. The first kappa shape index (κ1) is 19.6. The molecule has 0 aliphatic carbocycles. The fourth-order valence-electron chi connectivity index (χ4n) is 3.76. The molecule has 2 aromatic heterocycles. The van der Waals surface area contributed by atoms with Gasteiger partial charge in [-0.05, 0) is 24.1 Å². The van der Waals surface area contributed by atoms with Crippen molar-refractivity contribution in [1.29, 1.82) is 0 Å². The first-order valence-corrected chi connectivity index (χ1v) is 10.1. The standard InChI is InChI=1S/C23H27N3O3/c1-5-14-6-7-19-16(10-14)20(27)15(13-29-19)11-26-9-8-18-17(12-26)21(28)25-22(24-18)23(2,3)4/h6-7,10,13H,5,8-9,11-12H2,1-4H3,(H,24,25,28). The third-order valence-corrected chi connectivity index (χ3v) is 5.57. The van der Waals surface area contributed by atoms with E-state index in [-0.39, 0.29) is 16.4 Å². The van der Waals surface area contributed by atoms with Crippen LogP contribution in [0.1, 0.15) is 55.9 Å². The number of hydrogen-bond acceptors (Lipinski definition) is 5. The number of hydrogen-bond donors (Lipinski definition) is 1. The molecule has 29 heavy (non-hydrogen) atoms. The van der Waals surface area contributed by atoms with E-state index in [4.69, 9.17) is 9.40 Å². The molecular weight excluding hydrogens is 366 g/mol. The summed E-state index contributed by atoms with van der Waals surface area (Å²) < 4.78 is 5.70. The van der Waals surface area contributed by atoms with Gasteiger partial charge < -0.3 is 9.40 Å². The summed E-state index contributed by atoms with van der Waals surface area (Å²) in [6.45, 7) is 9.86. The van der Waals surface area contributed by atoms with Crippen LogP contribution in [0.15, 0.2) is 38.5 Å². The summed E-state index contributed by atoms with van der Waals surface area (Å²) in [6.07, 6.45) is 3.12. The highest BCUT2D eigenvalue weighted by atomic mass is 16.3. The number of H-pyrrole nitrogens is 1. The molecule has 0 atom stereocenters. The van der Waals surface area contributed by atoms with Crippen LogP contribution in [0.25, 0.3) is 11.0 Å². The van der Waals surface area contributed by atoms with Crippen molar-refractivity contribution in [3.8, 4) is 0 Å². The fraction of sp³-hybridized carbons (Fsp3) is 0.435. The van der Waals surface area contributed by atoms with Gasteiger partial charge in [0.05, 0.1) is 22.9 Å². The van der Waals surface area contributed by atoms with Crippen molar-refractivity contribution in [2.45, 2.75) is 59.0 Å². The Morgan fingerprint density at radius 3 is 2.76 bits per heavy atom. The smallest absolute Gasteiger partial charge is 0.255 e. The molecule has 1 aliphatic heterocycles. The number of aryl methyl sites for hydroxylation is 1. The second-order valence-electron chi connectivity index (χ2n) is 8.82. The van der Waals surface area contributed by atoms with Gasteiger partial charge in [0.15, 0.2) is 5.43 Å². The summed E-state index contributed by atoms with van der Waals surface area (Å²) in [5.41, 5.74) is 3.62. The molecule has 0 radical (unpaired) electrons. The van der Waals surface area contributed by atoms with Gasteiger partial charge in [-0.25, -0.2) is 4.98 Å². The van der Waals surface area contributed by atoms with Gasteiger partial charge in [0.25, 0.3) is 5.56 Å². The van der Waals surface area contributed by atoms with Crippen molar-refractivity contribution >= 4 is 11.0 Å². The van der Waals surface area contributed by atoms with Gasteiger partial charge in [0.2, 0.25) is 0 Å². The molecule has 152 valence electrons. The maximum Gasteiger partial charge on any atom is 0.255 e. The van der Waals surface area contributed by atoms with E-state index < -0.39 is 0 Å². The van der Waals surface area contributed by atoms with Crippen molar-refractivity contribution in [2.24, 2.45) is 0 Å². The summed E-state index contributed by atoms with van der Waals surface area (Å²) in [7, 11) is 0. The Labute approximate surface area is 169 Å². The SMILES string of the molecule is CCc1ccc2occ(CN3CCc4nc(C(C)(C)C)[nH]c(=O)c4C3)c(=O)c2c1. The zero-order chi connectivity index (χ0) is 20.8. The van der Waals surface area contributed by atoms with Crippen LogP contribution in [0.2, 0.25) is 0 Å². The summed E-state index contributed by atoms with van der Waals surface area (Å²) in [4.78, 5) is 35.4. The van der Waals surface area contributed by atoms with Gasteiger partial charge in [-0.1, -0.05) is 33.8 Å². The molecule has 3 heterocycles. The van der Waals surface area contributed by atoms with E-state index in [1.807, 2.05) is 39.0 Å². The number of benzene rings is 1. The molecule has 0 saturated carbocycles. The average Bonchev–Trinajstić information content (AvgIpc) is 2.69. The maximum atomic E-state index is 13.0. The van der Waals surface area contributed by atoms with Crippen LogP contribution in [-0.2, 0) is 31.3 Å². The second-order valence-corrected chi connectivity index (χ2v) is 8.82. The Morgan fingerprint density at radius 2 is 2.03 bits per heavy atom. The van der Waals surface area contributed by atoms with E-state index >= 15 is 0 Å². The molecule has 0 fully saturated rings. The molecule has 1 aromatic carbocycles. The monoisotopic (exact) mass is 393 g/mol. The van der Waals surface area contributed by atoms with E-state index in [1.54, 1.807) is 6.26 Å². The summed E-state index contributed by atoms with van der Waals surface area (Å²) in [6, 6.07) is 5.75. The van der Waals surface area contributed by atoms with Gasteiger partial charge in [-0.2, -0.15) is 0 Å². The Bertz CT molecular complexity index is 1180. The first-order chi connectivity index (χ1) is 13.8. The zero-order valence-electron chi connectivity index (χ0n) is 17.5. The molecule has 1 aliphatic rings. The minimum Gasteiger partial charge on any atom is -0.464 e. The minimum absolute atomic E-state index is 0.00228. The molecule has 0 unspecified atom stereocenters. The summed E-state index contributed by atoms with van der Waals surface area (Å²) in [5, 5.41) is 0.619. The van der Waals surface area contributed by atoms with Gasteiger partial charge in [-0.15, -0.1) is 0 Å². The average molecular weight is 393 g/mol.